The lowest BCUT2D eigenvalue weighted by Gasteiger charge is -2.15. The lowest BCUT2D eigenvalue weighted by Crippen LogP contribution is -2.32. The van der Waals surface area contributed by atoms with Crippen molar-refractivity contribution in [2.24, 2.45) is 0 Å². The number of carbonyl (C=O) groups is 4. The molecule has 0 aliphatic carbocycles. The van der Waals surface area contributed by atoms with E-state index in [0.717, 1.165) is 4.90 Å². The van der Waals surface area contributed by atoms with Crippen LogP contribution in [0.15, 0.2) is 59.3 Å². The van der Waals surface area contributed by atoms with Gasteiger partial charge in [-0.3, -0.25) is 9.59 Å². The Morgan fingerprint density at radius 1 is 1.04 bits per heavy atom. The number of nitrogens with one attached hydrogen (secondary N) is 1. The van der Waals surface area contributed by atoms with Crippen LogP contribution in [0, 0.1) is 0 Å². The number of carboxylic acid groups (broad SMARTS) is 1. The highest BCUT2D eigenvalue weighted by Gasteiger charge is 2.39. The summed E-state index contributed by atoms with van der Waals surface area (Å²) in [5.74, 6) is -3.16. The van der Waals surface area contributed by atoms with E-state index in [9.17, 15) is 19.2 Å². The van der Waals surface area contributed by atoms with Gasteiger partial charge in [-0.25, -0.2) is 14.5 Å². The molecule has 0 unspecified atom stereocenters. The Balaban J connectivity index is 1.88. The number of anilines is 2. The minimum Gasteiger partial charge on any atom is -0.478 e. The Hall–Kier alpha value is -3.65. The second-order valence-corrected chi connectivity index (χ2v) is 6.06. The summed E-state index contributed by atoms with van der Waals surface area (Å²) in [6.07, 6.45) is 0. The Morgan fingerprint density at radius 2 is 1.71 bits per heavy atom. The molecule has 2 N–H and O–H groups in total. The highest BCUT2D eigenvalue weighted by Crippen LogP contribution is 2.30. The van der Waals surface area contributed by atoms with E-state index in [4.69, 9.17) is 16.7 Å². The number of carboxylic acids is 1. The maximum Gasteiger partial charge on any atom is 0.337 e. The molecule has 0 fully saturated rings. The first kappa shape index (κ1) is 19.1. The molecule has 0 bridgehead atoms. The van der Waals surface area contributed by atoms with Gasteiger partial charge in [0.25, 0.3) is 11.8 Å². The summed E-state index contributed by atoms with van der Waals surface area (Å²) in [7, 11) is 1.22. The van der Waals surface area contributed by atoms with Gasteiger partial charge in [-0.15, -0.1) is 0 Å². The maximum atomic E-state index is 12.7. The number of esters is 1. The first-order valence-electron chi connectivity index (χ1n) is 7.91. The first-order valence-corrected chi connectivity index (χ1v) is 8.28. The van der Waals surface area contributed by atoms with Crippen molar-refractivity contribution in [3.05, 3.63) is 70.4 Å². The van der Waals surface area contributed by atoms with Crippen LogP contribution in [0.25, 0.3) is 0 Å². The standard InChI is InChI=1S/C19H13ClN2O6/c1-28-19(27)11-3-2-4-13(9-11)22-16(23)14(20)15(17(22)24)21-12-7-5-10(6-8-12)18(25)26/h2-9,21H,1H3,(H,25,26). The van der Waals surface area contributed by atoms with Gasteiger partial charge in [-0.05, 0) is 42.5 Å². The number of hydrogen-bond acceptors (Lipinski definition) is 6. The third-order valence-corrected chi connectivity index (χ3v) is 4.30. The number of benzene rings is 2. The van der Waals surface area contributed by atoms with Crippen LogP contribution in [0.2, 0.25) is 0 Å². The van der Waals surface area contributed by atoms with E-state index < -0.39 is 23.8 Å². The molecule has 0 saturated heterocycles. The normalized spacial score (nSPS) is 13.7. The Labute approximate surface area is 164 Å². The molecule has 2 aromatic carbocycles. The van der Waals surface area contributed by atoms with Gasteiger partial charge >= 0.3 is 11.9 Å². The summed E-state index contributed by atoms with van der Waals surface area (Å²) >= 11 is 6.05. The van der Waals surface area contributed by atoms with E-state index in [1.54, 1.807) is 0 Å². The molecule has 3 rings (SSSR count). The molecule has 9 heteroatoms. The van der Waals surface area contributed by atoms with E-state index in [1.807, 2.05) is 0 Å². The number of methoxy groups -OCH3 is 1. The average Bonchev–Trinajstić information content (AvgIpc) is 2.91. The number of rotatable bonds is 5. The predicted molar refractivity (Wildman–Crippen MR) is 100 cm³/mol. The van der Waals surface area contributed by atoms with Crippen LogP contribution in [-0.4, -0.2) is 36.0 Å². The van der Waals surface area contributed by atoms with Crippen molar-refractivity contribution >= 4 is 46.7 Å². The smallest absolute Gasteiger partial charge is 0.337 e. The van der Waals surface area contributed by atoms with Crippen molar-refractivity contribution < 1.29 is 29.0 Å². The van der Waals surface area contributed by atoms with Gasteiger partial charge in [0.1, 0.15) is 10.7 Å². The molecule has 0 radical (unpaired) electrons. The van der Waals surface area contributed by atoms with Crippen LogP contribution in [0.4, 0.5) is 11.4 Å². The van der Waals surface area contributed by atoms with Gasteiger partial charge < -0.3 is 15.2 Å². The average molecular weight is 401 g/mol. The summed E-state index contributed by atoms with van der Waals surface area (Å²) in [5, 5.41) is 11.3. The van der Waals surface area contributed by atoms with Gasteiger partial charge in [0.2, 0.25) is 0 Å². The minimum absolute atomic E-state index is 0.0701. The van der Waals surface area contributed by atoms with Crippen LogP contribution >= 0.6 is 11.6 Å². The SMILES string of the molecule is COC(=O)c1cccc(N2C(=O)C(Cl)=C(Nc3ccc(C(=O)O)cc3)C2=O)c1. The number of carbonyl (C=O) groups excluding carboxylic acids is 3. The number of halogens is 1. The first-order chi connectivity index (χ1) is 13.3. The molecule has 1 aliphatic rings. The topological polar surface area (TPSA) is 113 Å². The number of aromatic carboxylic acids is 1. The van der Waals surface area contributed by atoms with Crippen LogP contribution in [-0.2, 0) is 14.3 Å². The number of ether oxygens (including phenoxy) is 1. The van der Waals surface area contributed by atoms with Crippen molar-refractivity contribution in [3.63, 3.8) is 0 Å². The second kappa shape index (κ2) is 7.53. The highest BCUT2D eigenvalue weighted by atomic mass is 35.5. The van der Waals surface area contributed by atoms with E-state index in [-0.39, 0.29) is 27.5 Å². The summed E-state index contributed by atoms with van der Waals surface area (Å²) in [6.45, 7) is 0. The Bertz CT molecular complexity index is 1030. The van der Waals surface area contributed by atoms with E-state index >= 15 is 0 Å². The Kier molecular flexibility index (Phi) is 5.14. The number of amides is 2. The van der Waals surface area contributed by atoms with Crippen LogP contribution < -0.4 is 10.2 Å². The van der Waals surface area contributed by atoms with Crippen LogP contribution in [0.1, 0.15) is 20.7 Å². The van der Waals surface area contributed by atoms with E-state index in [0.29, 0.717) is 5.69 Å². The lowest BCUT2D eigenvalue weighted by atomic mass is 10.2. The summed E-state index contributed by atoms with van der Waals surface area (Å²) in [4.78, 5) is 48.7. The van der Waals surface area contributed by atoms with Gasteiger partial charge in [0.15, 0.2) is 0 Å². The Morgan fingerprint density at radius 3 is 2.32 bits per heavy atom. The van der Waals surface area contributed by atoms with Crippen molar-refractivity contribution in [3.8, 4) is 0 Å². The van der Waals surface area contributed by atoms with Crippen LogP contribution in [0.5, 0.6) is 0 Å². The molecule has 0 atom stereocenters. The molecule has 1 aliphatic heterocycles. The van der Waals surface area contributed by atoms with Crippen molar-refractivity contribution in [1.82, 2.24) is 0 Å². The molecule has 2 aromatic rings. The fourth-order valence-corrected chi connectivity index (χ4v) is 2.79. The van der Waals surface area contributed by atoms with Crippen LogP contribution in [0.3, 0.4) is 0 Å². The largest absolute Gasteiger partial charge is 0.478 e. The monoisotopic (exact) mass is 400 g/mol. The van der Waals surface area contributed by atoms with Gasteiger partial charge in [-0.1, -0.05) is 17.7 Å². The lowest BCUT2D eigenvalue weighted by molar-refractivity contribution is -0.120. The summed E-state index contributed by atoms with van der Waals surface area (Å²) in [6, 6.07) is 11.4. The third-order valence-electron chi connectivity index (χ3n) is 3.95. The zero-order chi connectivity index (χ0) is 20.4. The molecular weight excluding hydrogens is 388 g/mol. The molecular formula is C19H13ClN2O6. The zero-order valence-electron chi connectivity index (χ0n) is 14.4. The van der Waals surface area contributed by atoms with Gasteiger partial charge in [0.05, 0.1) is 23.9 Å². The highest BCUT2D eigenvalue weighted by molar-refractivity contribution is 6.53. The fraction of sp³-hybridized carbons (Fsp3) is 0.0526. The van der Waals surface area contributed by atoms with E-state index in [2.05, 4.69) is 10.1 Å². The summed E-state index contributed by atoms with van der Waals surface area (Å²) < 4.78 is 4.64. The van der Waals surface area contributed by atoms with Crippen molar-refractivity contribution in [1.29, 1.82) is 0 Å². The van der Waals surface area contributed by atoms with Crippen molar-refractivity contribution in [2.45, 2.75) is 0 Å². The fourth-order valence-electron chi connectivity index (χ4n) is 2.58. The zero-order valence-corrected chi connectivity index (χ0v) is 15.2. The predicted octanol–water partition coefficient (Wildman–Crippen LogP) is 2.61. The maximum absolute atomic E-state index is 12.7. The quantitative estimate of drug-likeness (QED) is 0.585. The number of hydrogen-bond donors (Lipinski definition) is 2. The van der Waals surface area contributed by atoms with Gasteiger partial charge in [0, 0.05) is 5.69 Å². The number of imide groups is 1. The molecule has 28 heavy (non-hydrogen) atoms. The minimum atomic E-state index is -1.09. The number of nitrogens with zero attached hydrogens (tertiary/aromatic N) is 1. The molecule has 2 amide bonds. The second-order valence-electron chi connectivity index (χ2n) is 5.68. The van der Waals surface area contributed by atoms with Crippen molar-refractivity contribution in [2.75, 3.05) is 17.3 Å². The molecule has 0 spiro atoms. The molecule has 1 heterocycles. The third kappa shape index (κ3) is 3.45. The molecule has 8 nitrogen and oxygen atoms in total. The molecule has 0 aromatic heterocycles. The van der Waals surface area contributed by atoms with Gasteiger partial charge in [-0.2, -0.15) is 0 Å². The summed E-state index contributed by atoms with van der Waals surface area (Å²) in [5.41, 5.74) is 0.625. The van der Waals surface area contributed by atoms with E-state index in [1.165, 1.54) is 55.6 Å². The molecule has 142 valence electrons. The molecule has 0 saturated carbocycles.